The Morgan fingerprint density at radius 3 is 1.47 bits per heavy atom. The van der Waals surface area contributed by atoms with Crippen molar-refractivity contribution in [3.05, 3.63) is 71.0 Å². The van der Waals surface area contributed by atoms with Gasteiger partial charge in [0.15, 0.2) is 0 Å². The molecule has 2 nitrogen and oxygen atoms in total. The van der Waals surface area contributed by atoms with Gasteiger partial charge in [0.25, 0.3) is 5.57 Å². The van der Waals surface area contributed by atoms with E-state index in [4.69, 9.17) is 0 Å². The minimum absolute atomic E-state index is 0.476. The van der Waals surface area contributed by atoms with Crippen LogP contribution in [0.1, 0.15) is 101 Å². The maximum atomic E-state index is 2.56. The molecule has 0 spiro atoms. The van der Waals surface area contributed by atoms with Gasteiger partial charge in [-0.25, -0.2) is 0 Å². The molecule has 0 saturated carbocycles. The number of rotatable bonds is 7. The molecule has 0 aliphatic rings. The van der Waals surface area contributed by atoms with E-state index >= 15 is 0 Å². The molecule has 188 valence electrons. The fourth-order valence-electron chi connectivity index (χ4n) is 4.42. The molecule has 0 fully saturated rings. The maximum absolute atomic E-state index is 2.56. The number of nitrogens with zero attached hydrogens (tertiary/aromatic N) is 2. The average molecular weight is 928 g/mol. The van der Waals surface area contributed by atoms with E-state index in [1.165, 1.54) is 39.2 Å². The summed E-state index contributed by atoms with van der Waals surface area (Å²) < 4.78 is 4.94. The number of para-hydroxylation sites is 2. The van der Waals surface area contributed by atoms with E-state index in [0.717, 1.165) is 0 Å². The summed E-state index contributed by atoms with van der Waals surface area (Å²) in [7, 11) is 0. The Labute approximate surface area is 251 Å². The summed E-state index contributed by atoms with van der Waals surface area (Å²) in [5, 5.41) is 0. The van der Waals surface area contributed by atoms with Crippen molar-refractivity contribution in [3.8, 4) is 11.4 Å². The molecular weight excluding hydrogens is 891 g/mol. The standard InChI is InChI=1S/C27H37IN2P.I3/c1-17(2)21-11-9-12-22(18(3)4)25(21)29-15-16-30(27(29)31-28)26-23(19(5)6)13-10-14-24(26)20(7)8;1-3-2/h9-20,31H,1-8H3;/q+1;-1. The van der Waals surface area contributed by atoms with E-state index in [9.17, 15) is 0 Å². The third-order valence-corrected chi connectivity index (χ3v) is 8.17. The van der Waals surface area contributed by atoms with Crippen molar-refractivity contribution >= 4 is 71.1 Å². The minimum atomic E-state index is 0.476. The van der Waals surface area contributed by atoms with Gasteiger partial charge in [-0.2, -0.15) is 9.13 Å². The molecule has 2 aromatic carbocycles. The average Bonchev–Trinajstić information content (AvgIpc) is 3.21. The van der Waals surface area contributed by atoms with E-state index in [0.29, 0.717) is 43.1 Å². The first-order valence-electron chi connectivity index (χ1n) is 11.7. The van der Waals surface area contributed by atoms with Crippen LogP contribution >= 0.6 is 65.5 Å². The molecule has 0 aliphatic carbocycles. The van der Waals surface area contributed by atoms with Gasteiger partial charge in [-0.1, -0.05) is 91.8 Å². The number of benzene rings is 2. The van der Waals surface area contributed by atoms with Gasteiger partial charge in [0.1, 0.15) is 23.8 Å². The van der Waals surface area contributed by atoms with Gasteiger partial charge in [-0.15, -0.1) is 0 Å². The molecule has 7 heteroatoms. The van der Waals surface area contributed by atoms with Crippen LogP contribution in [0.25, 0.3) is 11.4 Å². The summed E-state index contributed by atoms with van der Waals surface area (Å²) in [6.45, 7) is 18.4. The summed E-state index contributed by atoms with van der Waals surface area (Å²) in [5.74, 6) is 1.90. The third kappa shape index (κ3) is 7.31. The van der Waals surface area contributed by atoms with Gasteiger partial charge in [-0.05, 0) is 45.7 Å². The molecule has 3 rings (SSSR count). The number of halogens is 4. The SMILES string of the molecule is CC(C)c1cccc(C(C)C)c1-n1cc[n+](-c2c(C(C)C)cccc2C(C)C)c1PI.I[I-]I. The van der Waals surface area contributed by atoms with Crippen LogP contribution in [0, 0.1) is 0 Å². The van der Waals surface area contributed by atoms with Crippen molar-refractivity contribution in [2.24, 2.45) is 0 Å². The summed E-state index contributed by atoms with van der Waals surface area (Å²) in [6, 6.07) is 13.7. The molecule has 0 aliphatic heterocycles. The van der Waals surface area contributed by atoms with Crippen LogP contribution in [-0.2, 0) is 0 Å². The first-order valence-corrected chi connectivity index (χ1v) is 28.4. The molecule has 0 amide bonds. The summed E-state index contributed by atoms with van der Waals surface area (Å²) in [5.41, 5.74) is 9.79. The molecular formula is C27H37I4N2P. The Balaban J connectivity index is 0.00000129. The predicted octanol–water partition coefficient (Wildman–Crippen LogP) is 6.68. The van der Waals surface area contributed by atoms with Crippen LogP contribution in [0.2, 0.25) is 0 Å². The fourth-order valence-corrected chi connectivity index (χ4v) is 6.54. The molecule has 0 saturated heterocycles. The van der Waals surface area contributed by atoms with Crippen molar-refractivity contribution in [2.45, 2.75) is 79.1 Å². The van der Waals surface area contributed by atoms with Gasteiger partial charge in [-0.3, -0.25) is 0 Å². The molecule has 1 atom stereocenters. The second kappa shape index (κ2) is 14.8. The molecule has 1 unspecified atom stereocenters. The van der Waals surface area contributed by atoms with Crippen LogP contribution in [0.4, 0.5) is 0 Å². The zero-order valence-electron chi connectivity index (χ0n) is 21.3. The second-order valence-electron chi connectivity index (χ2n) is 9.70. The second-order valence-corrected chi connectivity index (χ2v) is 28.2. The Hall–Kier alpha value is 1.00. The summed E-state index contributed by atoms with van der Waals surface area (Å²) >= 11 is 7.86. The van der Waals surface area contributed by atoms with E-state index in [-0.39, 0.29) is 0 Å². The van der Waals surface area contributed by atoms with Crippen molar-refractivity contribution in [1.82, 2.24) is 4.57 Å². The zero-order chi connectivity index (χ0) is 25.6. The summed E-state index contributed by atoms with van der Waals surface area (Å²) in [6.07, 6.45) is 5.23. The van der Waals surface area contributed by atoms with Crippen LogP contribution in [0.15, 0.2) is 48.8 Å². The molecule has 0 bridgehead atoms. The van der Waals surface area contributed by atoms with Crippen molar-refractivity contribution in [2.75, 3.05) is 0 Å². The Morgan fingerprint density at radius 1 is 0.735 bits per heavy atom. The molecule has 1 aromatic heterocycles. The van der Waals surface area contributed by atoms with Crippen LogP contribution in [0.5, 0.6) is 0 Å². The zero-order valence-corrected chi connectivity index (χ0v) is 31.0. The van der Waals surface area contributed by atoms with E-state index in [1.54, 1.807) is 0 Å². The van der Waals surface area contributed by atoms with Gasteiger partial charge in [0.2, 0.25) is 0 Å². The number of aromatic nitrogens is 2. The number of imidazole rings is 1. The number of hydrogen-bond acceptors (Lipinski definition) is 0. The van der Waals surface area contributed by atoms with Crippen molar-refractivity contribution in [3.63, 3.8) is 0 Å². The van der Waals surface area contributed by atoms with E-state index < -0.39 is 0 Å². The quantitative estimate of drug-likeness (QED) is 0.142. The molecule has 3 aromatic rings. The van der Waals surface area contributed by atoms with E-state index in [2.05, 4.69) is 173 Å². The van der Waals surface area contributed by atoms with Gasteiger partial charge in [0.05, 0.1) is 6.22 Å². The van der Waals surface area contributed by atoms with Crippen LogP contribution in [-0.4, -0.2) is 4.57 Å². The normalized spacial score (nSPS) is 12.0. The molecule has 0 N–H and O–H groups in total. The molecule has 34 heavy (non-hydrogen) atoms. The van der Waals surface area contributed by atoms with E-state index in [1.807, 2.05) is 0 Å². The van der Waals surface area contributed by atoms with Crippen LogP contribution in [0.3, 0.4) is 0 Å². The number of hydrogen-bond donors (Lipinski definition) is 0. The van der Waals surface area contributed by atoms with Crippen molar-refractivity contribution < 1.29 is 17.8 Å². The Morgan fingerprint density at radius 2 is 1.12 bits per heavy atom. The Kier molecular flexibility index (Phi) is 13.6. The van der Waals surface area contributed by atoms with Gasteiger partial charge >= 0.3 is 50.5 Å². The first kappa shape index (κ1) is 31.2. The molecule has 1 heterocycles. The first-order chi connectivity index (χ1) is 16.1. The van der Waals surface area contributed by atoms with Gasteiger partial charge < -0.3 is 0 Å². The Bertz CT molecular complexity index is 941. The fraction of sp³-hybridized carbons (Fsp3) is 0.444. The van der Waals surface area contributed by atoms with Crippen LogP contribution < -0.4 is 23.4 Å². The predicted molar refractivity (Wildman–Crippen MR) is 174 cm³/mol. The monoisotopic (exact) mass is 928 g/mol. The molecule has 0 radical (unpaired) electrons. The third-order valence-electron chi connectivity index (χ3n) is 6.07. The summed E-state index contributed by atoms with van der Waals surface area (Å²) in [4.78, 5) is 0. The van der Waals surface area contributed by atoms with Gasteiger partial charge in [0, 0.05) is 22.3 Å². The topological polar surface area (TPSA) is 8.81 Å². The van der Waals surface area contributed by atoms with Crippen molar-refractivity contribution in [1.29, 1.82) is 0 Å².